The molecular formula is C20H19N3O2S. The van der Waals surface area contributed by atoms with Gasteiger partial charge in [0.25, 0.3) is 11.5 Å². The van der Waals surface area contributed by atoms with Crippen molar-refractivity contribution in [3.63, 3.8) is 0 Å². The van der Waals surface area contributed by atoms with E-state index < -0.39 is 0 Å². The average Bonchev–Trinajstić information content (AvgIpc) is 2.69. The van der Waals surface area contributed by atoms with Gasteiger partial charge in [-0.05, 0) is 42.2 Å². The van der Waals surface area contributed by atoms with Gasteiger partial charge >= 0.3 is 0 Å². The van der Waals surface area contributed by atoms with Crippen LogP contribution in [0.1, 0.15) is 16.1 Å². The molecule has 1 aromatic heterocycles. The molecular weight excluding hydrogens is 346 g/mol. The summed E-state index contributed by atoms with van der Waals surface area (Å²) in [6.45, 7) is 0.472. The molecule has 0 aliphatic carbocycles. The summed E-state index contributed by atoms with van der Waals surface area (Å²) in [5, 5.41) is 4.24. The summed E-state index contributed by atoms with van der Waals surface area (Å²) in [5.41, 5.74) is 1.62. The van der Waals surface area contributed by atoms with Crippen LogP contribution < -0.4 is 5.56 Å². The molecule has 2 aromatic carbocycles. The summed E-state index contributed by atoms with van der Waals surface area (Å²) in [4.78, 5) is 27.6. The number of nitrogens with zero attached hydrogens (tertiary/aromatic N) is 3. The fourth-order valence-corrected chi connectivity index (χ4v) is 2.96. The Morgan fingerprint density at radius 2 is 1.73 bits per heavy atom. The first-order chi connectivity index (χ1) is 12.6. The van der Waals surface area contributed by atoms with Crippen LogP contribution in [-0.2, 0) is 6.54 Å². The van der Waals surface area contributed by atoms with Crippen LogP contribution in [0.5, 0.6) is 0 Å². The molecule has 3 aromatic rings. The average molecular weight is 365 g/mol. The van der Waals surface area contributed by atoms with Gasteiger partial charge in [-0.1, -0.05) is 30.3 Å². The van der Waals surface area contributed by atoms with Gasteiger partial charge in [0.2, 0.25) is 0 Å². The second kappa shape index (κ2) is 8.01. The summed E-state index contributed by atoms with van der Waals surface area (Å²) < 4.78 is 1.24. The standard InChI is InChI=1S/C20H19N3O2S/c1-22(14-15-8-10-17(26-2)11-9-15)20(25)18-12-13-19(24)23(21-18)16-6-4-3-5-7-16/h3-13H,14H2,1-2H3. The van der Waals surface area contributed by atoms with E-state index in [2.05, 4.69) is 5.10 Å². The zero-order valence-corrected chi connectivity index (χ0v) is 15.4. The van der Waals surface area contributed by atoms with E-state index >= 15 is 0 Å². The van der Waals surface area contributed by atoms with Crippen LogP contribution in [0.3, 0.4) is 0 Å². The van der Waals surface area contributed by atoms with Crippen molar-refractivity contribution in [2.75, 3.05) is 13.3 Å². The van der Waals surface area contributed by atoms with Crippen molar-refractivity contribution in [1.29, 1.82) is 0 Å². The molecule has 0 unspecified atom stereocenters. The van der Waals surface area contributed by atoms with E-state index in [-0.39, 0.29) is 17.2 Å². The van der Waals surface area contributed by atoms with Gasteiger partial charge in [0.15, 0.2) is 0 Å². The van der Waals surface area contributed by atoms with Crippen LogP contribution in [-0.4, -0.2) is 33.9 Å². The molecule has 0 spiro atoms. The first-order valence-corrected chi connectivity index (χ1v) is 9.35. The van der Waals surface area contributed by atoms with Crippen molar-refractivity contribution in [3.05, 3.63) is 88.3 Å². The third-order valence-corrected chi connectivity index (χ3v) is 4.69. The number of benzene rings is 2. The molecule has 6 heteroatoms. The van der Waals surface area contributed by atoms with Gasteiger partial charge in [-0.15, -0.1) is 11.8 Å². The lowest BCUT2D eigenvalue weighted by Crippen LogP contribution is -2.30. The number of hydrogen-bond acceptors (Lipinski definition) is 4. The Bertz CT molecular complexity index is 953. The Labute approximate surface area is 156 Å². The summed E-state index contributed by atoms with van der Waals surface area (Å²) in [5.74, 6) is -0.233. The summed E-state index contributed by atoms with van der Waals surface area (Å²) >= 11 is 1.68. The van der Waals surface area contributed by atoms with E-state index in [0.29, 0.717) is 12.2 Å². The highest BCUT2D eigenvalue weighted by atomic mass is 32.2. The Hall–Kier alpha value is -2.86. The molecule has 0 atom stereocenters. The molecule has 0 saturated heterocycles. The molecule has 0 bridgehead atoms. The molecule has 132 valence electrons. The predicted molar refractivity (Wildman–Crippen MR) is 104 cm³/mol. The third kappa shape index (κ3) is 4.03. The Kier molecular flexibility index (Phi) is 5.53. The van der Waals surface area contributed by atoms with E-state index in [1.165, 1.54) is 21.7 Å². The molecule has 3 rings (SSSR count). The van der Waals surface area contributed by atoms with Crippen LogP contribution in [0.15, 0.2) is 76.4 Å². The minimum Gasteiger partial charge on any atom is -0.336 e. The van der Waals surface area contributed by atoms with Crippen molar-refractivity contribution < 1.29 is 4.79 Å². The van der Waals surface area contributed by atoms with Gasteiger partial charge in [-0.3, -0.25) is 9.59 Å². The maximum Gasteiger partial charge on any atom is 0.274 e. The van der Waals surface area contributed by atoms with Crippen molar-refractivity contribution >= 4 is 17.7 Å². The molecule has 0 N–H and O–H groups in total. The fraction of sp³-hybridized carbons (Fsp3) is 0.150. The van der Waals surface area contributed by atoms with Crippen molar-refractivity contribution in [2.45, 2.75) is 11.4 Å². The monoisotopic (exact) mass is 365 g/mol. The lowest BCUT2D eigenvalue weighted by atomic mass is 10.2. The van der Waals surface area contributed by atoms with Crippen molar-refractivity contribution in [3.8, 4) is 5.69 Å². The Balaban J connectivity index is 1.81. The SMILES string of the molecule is CSc1ccc(CN(C)C(=O)c2ccc(=O)n(-c3ccccc3)n2)cc1. The summed E-state index contributed by atoms with van der Waals surface area (Å²) in [6, 6.07) is 20.0. The topological polar surface area (TPSA) is 55.2 Å². The number of thioether (sulfide) groups is 1. The lowest BCUT2D eigenvalue weighted by Gasteiger charge is -2.17. The van der Waals surface area contributed by atoms with Gasteiger partial charge in [0, 0.05) is 24.6 Å². The Morgan fingerprint density at radius 3 is 2.38 bits per heavy atom. The molecule has 0 aliphatic heterocycles. The number of carbonyl (C=O) groups excluding carboxylic acids is 1. The van der Waals surface area contributed by atoms with E-state index in [1.54, 1.807) is 35.8 Å². The van der Waals surface area contributed by atoms with E-state index in [1.807, 2.05) is 48.7 Å². The maximum atomic E-state index is 12.7. The summed E-state index contributed by atoms with van der Waals surface area (Å²) in [7, 11) is 1.73. The molecule has 0 radical (unpaired) electrons. The van der Waals surface area contributed by atoms with Crippen LogP contribution in [0.4, 0.5) is 0 Å². The van der Waals surface area contributed by atoms with Crippen LogP contribution in [0.25, 0.3) is 5.69 Å². The highest BCUT2D eigenvalue weighted by molar-refractivity contribution is 7.98. The van der Waals surface area contributed by atoms with Crippen LogP contribution in [0, 0.1) is 0 Å². The Morgan fingerprint density at radius 1 is 1.04 bits per heavy atom. The first-order valence-electron chi connectivity index (χ1n) is 8.12. The van der Waals surface area contributed by atoms with E-state index in [9.17, 15) is 9.59 Å². The second-order valence-electron chi connectivity index (χ2n) is 5.81. The number of aromatic nitrogens is 2. The van der Waals surface area contributed by atoms with E-state index in [4.69, 9.17) is 0 Å². The van der Waals surface area contributed by atoms with Crippen molar-refractivity contribution in [2.24, 2.45) is 0 Å². The van der Waals surface area contributed by atoms with Gasteiger partial charge in [0.1, 0.15) is 5.69 Å². The molecule has 0 fully saturated rings. The van der Waals surface area contributed by atoms with Gasteiger partial charge in [-0.2, -0.15) is 9.78 Å². The summed E-state index contributed by atoms with van der Waals surface area (Å²) in [6.07, 6.45) is 2.03. The van der Waals surface area contributed by atoms with Gasteiger partial charge in [-0.25, -0.2) is 0 Å². The largest absolute Gasteiger partial charge is 0.336 e. The highest BCUT2D eigenvalue weighted by Gasteiger charge is 2.15. The second-order valence-corrected chi connectivity index (χ2v) is 6.69. The number of carbonyl (C=O) groups is 1. The highest BCUT2D eigenvalue weighted by Crippen LogP contribution is 2.16. The maximum absolute atomic E-state index is 12.7. The minimum absolute atomic E-state index is 0.233. The minimum atomic E-state index is -0.275. The zero-order chi connectivity index (χ0) is 18.5. The first kappa shape index (κ1) is 17.9. The number of para-hydroxylation sites is 1. The molecule has 1 heterocycles. The quantitative estimate of drug-likeness (QED) is 0.652. The smallest absolute Gasteiger partial charge is 0.274 e. The zero-order valence-electron chi connectivity index (χ0n) is 14.6. The molecule has 26 heavy (non-hydrogen) atoms. The number of rotatable bonds is 5. The third-order valence-electron chi connectivity index (χ3n) is 3.95. The fourth-order valence-electron chi connectivity index (χ4n) is 2.55. The van der Waals surface area contributed by atoms with Gasteiger partial charge < -0.3 is 4.90 Å². The molecule has 0 aliphatic rings. The van der Waals surface area contributed by atoms with Crippen LogP contribution in [0.2, 0.25) is 0 Å². The molecule has 5 nitrogen and oxygen atoms in total. The van der Waals surface area contributed by atoms with E-state index in [0.717, 1.165) is 5.56 Å². The molecule has 0 saturated carbocycles. The van der Waals surface area contributed by atoms with Crippen LogP contribution >= 0.6 is 11.8 Å². The normalized spacial score (nSPS) is 10.5. The van der Waals surface area contributed by atoms with Crippen molar-refractivity contribution in [1.82, 2.24) is 14.7 Å². The number of amides is 1. The predicted octanol–water partition coefficient (Wildman–Crippen LogP) is 3.23. The lowest BCUT2D eigenvalue weighted by molar-refractivity contribution is 0.0777. The van der Waals surface area contributed by atoms with Gasteiger partial charge in [0.05, 0.1) is 5.69 Å². The number of hydrogen-bond donors (Lipinski definition) is 0. The molecule has 1 amide bonds.